The van der Waals surface area contributed by atoms with E-state index in [0.29, 0.717) is 0 Å². The molecule has 3 aliphatic rings. The van der Waals surface area contributed by atoms with Crippen molar-refractivity contribution >= 4 is 40.1 Å². The van der Waals surface area contributed by atoms with E-state index in [9.17, 15) is 44.7 Å². The Labute approximate surface area is 253 Å². The maximum atomic E-state index is 13.7. The lowest BCUT2D eigenvalue weighted by Gasteiger charge is -2.49. The number of morpholine rings is 1. The first-order valence-corrected chi connectivity index (χ1v) is 15.2. The number of alkyl halides is 6. The van der Waals surface area contributed by atoms with E-state index >= 15 is 0 Å². The number of anilines is 2. The number of aliphatic hydroxyl groups is 1. The number of carbonyl (C=O) groups is 1. The molecule has 3 N–H and O–H groups in total. The highest BCUT2D eigenvalue weighted by molar-refractivity contribution is 7.90. The third-order valence-electron chi connectivity index (χ3n) is 8.09. The molecule has 44 heavy (non-hydrogen) atoms. The fourth-order valence-electron chi connectivity index (χ4n) is 5.82. The lowest BCUT2D eigenvalue weighted by molar-refractivity contribution is -0.376. The molecule has 4 heterocycles. The highest BCUT2D eigenvalue weighted by Crippen LogP contribution is 2.49. The number of ether oxygens (including phenoxy) is 1. The Morgan fingerprint density at radius 3 is 2.18 bits per heavy atom. The van der Waals surface area contributed by atoms with Gasteiger partial charge in [-0.15, -0.1) is 12.6 Å². The van der Waals surface area contributed by atoms with Gasteiger partial charge in [0.05, 0.1) is 24.2 Å². The summed E-state index contributed by atoms with van der Waals surface area (Å²) < 4.78 is 115. The fourth-order valence-corrected chi connectivity index (χ4v) is 7.89. The minimum absolute atomic E-state index is 0.0490. The minimum Gasteiger partial charge on any atom is -0.399 e. The number of thiol groups is 1. The van der Waals surface area contributed by atoms with Crippen molar-refractivity contribution in [1.29, 1.82) is 0 Å². The van der Waals surface area contributed by atoms with Gasteiger partial charge in [0, 0.05) is 79.6 Å². The summed E-state index contributed by atoms with van der Waals surface area (Å²) in [6, 6.07) is 2.82. The molecule has 5 rings (SSSR count). The molecule has 0 radical (unpaired) electrons. The van der Waals surface area contributed by atoms with Crippen molar-refractivity contribution in [2.45, 2.75) is 58.7 Å². The number of nitrogens with zero attached hydrogens (tertiary/aromatic N) is 5. The number of benzene rings is 1. The quantitative estimate of drug-likeness (QED) is 0.237. The summed E-state index contributed by atoms with van der Waals surface area (Å²) in [5.41, 5.74) is -0.821. The average molecular weight is 671 g/mol. The highest BCUT2D eigenvalue weighted by atomic mass is 32.2. The number of nitrogens with two attached hydrogens (primary N) is 1. The summed E-state index contributed by atoms with van der Waals surface area (Å²) in [7, 11) is -4.15. The molecule has 11 nitrogen and oxygen atoms in total. The second-order valence-electron chi connectivity index (χ2n) is 10.9. The third-order valence-corrected chi connectivity index (χ3v) is 10.5. The van der Waals surface area contributed by atoms with E-state index in [0.717, 1.165) is 0 Å². The van der Waals surface area contributed by atoms with E-state index in [2.05, 4.69) is 22.6 Å². The zero-order valence-electron chi connectivity index (χ0n) is 22.8. The number of piperazine rings is 1. The van der Waals surface area contributed by atoms with Crippen LogP contribution in [0.25, 0.3) is 0 Å². The van der Waals surface area contributed by atoms with Crippen molar-refractivity contribution in [3.63, 3.8) is 0 Å². The number of carbonyl (C=O) groups excluding carboxylic acids is 1. The molecule has 3 saturated heterocycles. The molecule has 2 unspecified atom stereocenters. The Kier molecular flexibility index (Phi) is 8.60. The Morgan fingerprint density at radius 2 is 1.61 bits per heavy atom. The predicted octanol–water partition coefficient (Wildman–Crippen LogP) is 1.97. The molecule has 2 aromatic rings. The van der Waals surface area contributed by atoms with Crippen LogP contribution in [-0.2, 0) is 25.2 Å². The van der Waals surface area contributed by atoms with Gasteiger partial charge in [-0.3, -0.25) is 9.69 Å². The van der Waals surface area contributed by atoms with Crippen molar-refractivity contribution < 1.29 is 49.4 Å². The van der Waals surface area contributed by atoms with Crippen LogP contribution in [0.1, 0.15) is 18.4 Å². The number of hydrogen-bond donors (Lipinski definition) is 3. The first-order valence-electron chi connectivity index (χ1n) is 13.3. The second kappa shape index (κ2) is 11.6. The van der Waals surface area contributed by atoms with E-state index < -0.39 is 39.6 Å². The van der Waals surface area contributed by atoms with Crippen LogP contribution in [-0.4, -0.2) is 108 Å². The van der Waals surface area contributed by atoms with Crippen molar-refractivity contribution in [1.82, 2.24) is 19.2 Å². The molecule has 2 bridgehead atoms. The topological polar surface area (TPSA) is 142 Å². The Bertz CT molecular complexity index is 1480. The molecule has 0 aliphatic carbocycles. The summed E-state index contributed by atoms with van der Waals surface area (Å²) in [6.07, 6.45) is -11.3. The van der Waals surface area contributed by atoms with Gasteiger partial charge in [0.2, 0.25) is 16.0 Å². The van der Waals surface area contributed by atoms with Crippen molar-refractivity contribution in [2.24, 2.45) is 0 Å². The lowest BCUT2D eigenvalue weighted by atomic mass is 9.92. The van der Waals surface area contributed by atoms with Crippen LogP contribution in [0.5, 0.6) is 0 Å². The Morgan fingerprint density at radius 1 is 1.02 bits per heavy atom. The monoisotopic (exact) mass is 670 g/mol. The summed E-state index contributed by atoms with van der Waals surface area (Å²) in [6.45, 7) is 0.256. The Balaban J connectivity index is 1.49. The fraction of sp³-hybridized carbons (Fsp3) is 0.560. The maximum Gasteiger partial charge on any atom is 0.430 e. The molecule has 0 saturated carbocycles. The lowest BCUT2D eigenvalue weighted by Crippen LogP contribution is -2.64. The van der Waals surface area contributed by atoms with Crippen molar-refractivity contribution in [2.75, 3.05) is 50.0 Å². The number of aromatic nitrogens is 2. The van der Waals surface area contributed by atoms with Gasteiger partial charge < -0.3 is 20.5 Å². The van der Waals surface area contributed by atoms with E-state index in [-0.39, 0.29) is 104 Å². The number of hydrogen-bond acceptors (Lipinski definition) is 11. The molecule has 3 atom stereocenters. The zero-order chi connectivity index (χ0) is 32.2. The number of nitrogen functional groups attached to an aromatic ring is 1. The normalized spacial score (nSPS) is 24.5. The number of Topliss-reactive ketones (excluding diaryl/α,β-unsaturated/α-hetero) is 1. The van der Waals surface area contributed by atoms with Crippen LogP contribution in [0.4, 0.5) is 38.0 Å². The first-order chi connectivity index (χ1) is 20.4. The van der Waals surface area contributed by atoms with Crippen LogP contribution < -0.4 is 10.6 Å². The summed E-state index contributed by atoms with van der Waals surface area (Å²) in [5.74, 6) is -0.219. The third kappa shape index (κ3) is 5.84. The van der Waals surface area contributed by atoms with Gasteiger partial charge in [0.15, 0.2) is 0 Å². The number of sulfonamides is 1. The molecule has 0 spiro atoms. The largest absolute Gasteiger partial charge is 0.430 e. The number of fused-ring (bicyclic) bond motifs is 2. The van der Waals surface area contributed by atoms with Gasteiger partial charge in [-0.05, 0) is 18.2 Å². The summed E-state index contributed by atoms with van der Waals surface area (Å²) in [4.78, 5) is 23.3. The van der Waals surface area contributed by atoms with Crippen LogP contribution in [0.2, 0.25) is 0 Å². The SMILES string of the molecule is Nc1ccc(S)c(S(=O)(=O)N2CCN(c3ncc(C(O)(C(F)(F)F)C(F)(F)F)cn3)[C@@H](CN3C4COCC3CC(=O)C4)C2)c1. The van der Waals surface area contributed by atoms with E-state index in [1.165, 1.54) is 27.4 Å². The van der Waals surface area contributed by atoms with Crippen LogP contribution in [0, 0.1) is 0 Å². The molecule has 0 amide bonds. The molecule has 3 aliphatic heterocycles. The molecule has 3 fully saturated rings. The highest BCUT2D eigenvalue weighted by Gasteiger charge is 2.71. The molecule has 19 heteroatoms. The zero-order valence-corrected chi connectivity index (χ0v) is 24.5. The Hall–Kier alpha value is -2.71. The van der Waals surface area contributed by atoms with Crippen LogP contribution in [0.3, 0.4) is 0 Å². The average Bonchev–Trinajstić information content (AvgIpc) is 2.93. The van der Waals surface area contributed by atoms with Gasteiger partial charge in [-0.1, -0.05) is 0 Å². The molecular weight excluding hydrogens is 642 g/mol. The smallest absolute Gasteiger partial charge is 0.399 e. The first kappa shape index (κ1) is 32.7. The second-order valence-corrected chi connectivity index (χ2v) is 13.3. The summed E-state index contributed by atoms with van der Waals surface area (Å²) >= 11 is 4.26. The van der Waals surface area contributed by atoms with Crippen LogP contribution in [0.15, 0.2) is 40.4 Å². The summed E-state index contributed by atoms with van der Waals surface area (Å²) in [5, 5.41) is 9.73. The standard InChI is InChI=1S/C25H28F6N6O5S2/c26-24(27,28)23(39,25(29,30)31)14-8-33-22(34-9-14)36-4-3-35(44(40,41)21-5-15(32)1-2-20(21)43)10-18(36)11-37-16-6-19(38)7-17(37)13-42-12-16/h1-2,5,8-9,16-18,39,43H,3-4,6-7,10-13,32H2/t16?,17?,18-/m1/s1. The minimum atomic E-state index is -6.11. The molecular formula is C25H28F6N6O5S2. The van der Waals surface area contributed by atoms with Gasteiger partial charge in [-0.2, -0.15) is 30.6 Å². The predicted molar refractivity (Wildman–Crippen MR) is 145 cm³/mol. The van der Waals surface area contributed by atoms with Gasteiger partial charge in [0.1, 0.15) is 5.78 Å². The number of rotatable bonds is 6. The van der Waals surface area contributed by atoms with Gasteiger partial charge in [-0.25, -0.2) is 18.4 Å². The van der Waals surface area contributed by atoms with Gasteiger partial charge in [0.25, 0.3) is 5.60 Å². The van der Waals surface area contributed by atoms with Crippen LogP contribution >= 0.6 is 12.6 Å². The number of ketones is 1. The number of halogens is 6. The van der Waals surface area contributed by atoms with E-state index in [4.69, 9.17) is 10.5 Å². The molecule has 1 aromatic heterocycles. The molecule has 1 aromatic carbocycles. The van der Waals surface area contributed by atoms with Gasteiger partial charge >= 0.3 is 12.4 Å². The maximum absolute atomic E-state index is 13.7. The van der Waals surface area contributed by atoms with E-state index in [1.54, 1.807) is 0 Å². The molecule has 242 valence electrons. The van der Waals surface area contributed by atoms with E-state index in [1.807, 2.05) is 4.90 Å². The van der Waals surface area contributed by atoms with Crippen molar-refractivity contribution in [3.05, 3.63) is 36.2 Å². The number of piperidine rings is 1. The van der Waals surface area contributed by atoms with Crippen molar-refractivity contribution in [3.8, 4) is 0 Å².